The fraction of sp³-hybridized carbons (Fsp3) is 0.250. The molecule has 3 aromatic heterocycles. The van der Waals surface area contributed by atoms with Gasteiger partial charge in [-0.15, -0.1) is 0 Å². The van der Waals surface area contributed by atoms with E-state index in [1.807, 2.05) is 12.1 Å². The molecular weight excluding hydrogens is 499 g/mol. The number of pyridine rings is 2. The molecule has 182 valence electrons. The standard InChI is InChI=1S/C24H21Cl2F2N5O2/c25-20-14(21(26)18(28)9-17(20)27)3-8-34-23-22-15(11-32-24(23)29)16(12-35-22)13-1-2-19(31-10-13)33-6-4-30-5-7-33/h1-2,9-12,30H,3-8H2,(H2,29,32). The maximum Gasteiger partial charge on any atom is 0.205 e. The Morgan fingerprint density at radius 2 is 1.83 bits per heavy atom. The van der Waals surface area contributed by atoms with E-state index in [0.717, 1.165) is 43.1 Å². The summed E-state index contributed by atoms with van der Waals surface area (Å²) < 4.78 is 39.2. The molecule has 0 amide bonds. The largest absolute Gasteiger partial charge is 0.486 e. The molecule has 0 bridgehead atoms. The Labute approximate surface area is 209 Å². The second-order valence-corrected chi connectivity index (χ2v) is 8.81. The van der Waals surface area contributed by atoms with Crippen molar-refractivity contribution in [3.05, 3.63) is 64.1 Å². The topological polar surface area (TPSA) is 89.4 Å². The zero-order chi connectivity index (χ0) is 24.5. The zero-order valence-corrected chi connectivity index (χ0v) is 20.0. The molecule has 5 rings (SSSR count). The van der Waals surface area contributed by atoms with Gasteiger partial charge in [-0.25, -0.2) is 18.7 Å². The van der Waals surface area contributed by atoms with Gasteiger partial charge in [0.2, 0.25) is 5.75 Å². The molecule has 1 aliphatic rings. The lowest BCUT2D eigenvalue weighted by Crippen LogP contribution is -2.43. The highest BCUT2D eigenvalue weighted by molar-refractivity contribution is 6.36. The van der Waals surface area contributed by atoms with Crippen LogP contribution in [0.4, 0.5) is 20.4 Å². The van der Waals surface area contributed by atoms with Gasteiger partial charge in [0.1, 0.15) is 17.5 Å². The number of halogens is 4. The molecule has 1 fully saturated rings. The molecule has 0 spiro atoms. The Balaban J connectivity index is 1.38. The third kappa shape index (κ3) is 4.59. The summed E-state index contributed by atoms with van der Waals surface area (Å²) >= 11 is 11.9. The number of hydrogen-bond acceptors (Lipinski definition) is 7. The first-order chi connectivity index (χ1) is 16.9. The van der Waals surface area contributed by atoms with Gasteiger partial charge in [-0.2, -0.15) is 0 Å². The van der Waals surface area contributed by atoms with Crippen LogP contribution < -0.4 is 20.7 Å². The first-order valence-electron chi connectivity index (χ1n) is 11.0. The molecule has 0 atom stereocenters. The molecule has 0 unspecified atom stereocenters. The van der Waals surface area contributed by atoms with Crippen LogP contribution in [0.2, 0.25) is 10.0 Å². The number of nitrogen functional groups attached to an aromatic ring is 1. The van der Waals surface area contributed by atoms with Gasteiger partial charge >= 0.3 is 0 Å². The fourth-order valence-corrected chi connectivity index (χ4v) is 4.60. The molecule has 7 nitrogen and oxygen atoms in total. The third-order valence-electron chi connectivity index (χ3n) is 5.90. The number of nitrogens with one attached hydrogen (secondary N) is 1. The summed E-state index contributed by atoms with van der Waals surface area (Å²) in [5.41, 5.74) is 8.19. The summed E-state index contributed by atoms with van der Waals surface area (Å²) in [5.74, 6) is -0.518. The molecule has 1 aromatic carbocycles. The Bertz CT molecular complexity index is 1350. The van der Waals surface area contributed by atoms with Crippen LogP contribution in [0, 0.1) is 11.6 Å². The molecule has 35 heavy (non-hydrogen) atoms. The number of piperazine rings is 1. The molecule has 4 heterocycles. The van der Waals surface area contributed by atoms with Crippen LogP contribution in [-0.2, 0) is 6.42 Å². The van der Waals surface area contributed by atoms with Crippen molar-refractivity contribution >= 4 is 45.8 Å². The van der Waals surface area contributed by atoms with Crippen molar-refractivity contribution in [3.8, 4) is 16.9 Å². The molecule has 0 radical (unpaired) electrons. The predicted molar refractivity (Wildman–Crippen MR) is 132 cm³/mol. The van der Waals surface area contributed by atoms with E-state index in [0.29, 0.717) is 17.0 Å². The summed E-state index contributed by atoms with van der Waals surface area (Å²) in [6.07, 6.45) is 5.04. The van der Waals surface area contributed by atoms with Gasteiger partial charge < -0.3 is 25.1 Å². The molecule has 3 N–H and O–H groups in total. The van der Waals surface area contributed by atoms with Gasteiger partial charge in [-0.05, 0) is 17.7 Å². The molecule has 1 aliphatic heterocycles. The lowest BCUT2D eigenvalue weighted by molar-refractivity contribution is 0.321. The highest BCUT2D eigenvalue weighted by atomic mass is 35.5. The van der Waals surface area contributed by atoms with Crippen LogP contribution in [-0.4, -0.2) is 42.8 Å². The molecular formula is C24H21Cl2F2N5O2. The fourth-order valence-electron chi connectivity index (χ4n) is 4.07. The number of fused-ring (bicyclic) bond motifs is 1. The van der Waals surface area contributed by atoms with Gasteiger partial charge in [0.25, 0.3) is 0 Å². The van der Waals surface area contributed by atoms with Crippen molar-refractivity contribution in [1.82, 2.24) is 15.3 Å². The minimum atomic E-state index is -0.890. The maximum absolute atomic E-state index is 13.8. The number of aromatic nitrogens is 2. The SMILES string of the molecule is Nc1ncc2c(-c3ccc(N4CCNCC4)nc3)coc2c1OCCc1c(Cl)c(F)cc(F)c1Cl. The van der Waals surface area contributed by atoms with E-state index >= 15 is 0 Å². The van der Waals surface area contributed by atoms with Crippen molar-refractivity contribution in [3.63, 3.8) is 0 Å². The van der Waals surface area contributed by atoms with Crippen LogP contribution in [0.5, 0.6) is 5.75 Å². The van der Waals surface area contributed by atoms with Crippen molar-refractivity contribution < 1.29 is 17.9 Å². The highest BCUT2D eigenvalue weighted by Crippen LogP contribution is 2.38. The predicted octanol–water partition coefficient (Wildman–Crippen LogP) is 5.09. The van der Waals surface area contributed by atoms with Gasteiger partial charge in [0.15, 0.2) is 11.4 Å². The number of anilines is 2. The number of benzene rings is 1. The molecule has 0 aliphatic carbocycles. The van der Waals surface area contributed by atoms with Crippen LogP contribution in [0.15, 0.2) is 41.3 Å². The van der Waals surface area contributed by atoms with Gasteiger partial charge in [0, 0.05) is 62.2 Å². The van der Waals surface area contributed by atoms with Gasteiger partial charge in [0.05, 0.1) is 28.3 Å². The van der Waals surface area contributed by atoms with Gasteiger partial charge in [-0.3, -0.25) is 0 Å². The average Bonchev–Trinajstić information content (AvgIpc) is 3.31. The zero-order valence-electron chi connectivity index (χ0n) is 18.5. The average molecular weight is 520 g/mol. The summed E-state index contributed by atoms with van der Waals surface area (Å²) in [6.45, 7) is 3.66. The number of nitrogens with two attached hydrogens (primary N) is 1. The summed E-state index contributed by atoms with van der Waals surface area (Å²) in [7, 11) is 0. The van der Waals surface area contributed by atoms with Crippen LogP contribution in [0.25, 0.3) is 22.1 Å². The van der Waals surface area contributed by atoms with Crippen LogP contribution in [0.3, 0.4) is 0 Å². The Morgan fingerprint density at radius 3 is 2.51 bits per heavy atom. The quantitative estimate of drug-likeness (QED) is 0.343. The second kappa shape index (κ2) is 9.85. The molecule has 4 aromatic rings. The highest BCUT2D eigenvalue weighted by Gasteiger charge is 2.20. The molecule has 11 heteroatoms. The van der Waals surface area contributed by atoms with E-state index in [2.05, 4.69) is 20.2 Å². The van der Waals surface area contributed by atoms with E-state index in [1.165, 1.54) is 0 Å². The van der Waals surface area contributed by atoms with Crippen LogP contribution in [0.1, 0.15) is 5.56 Å². The maximum atomic E-state index is 13.8. The van der Waals surface area contributed by atoms with Crippen molar-refractivity contribution in [1.29, 1.82) is 0 Å². The van der Waals surface area contributed by atoms with Crippen molar-refractivity contribution in [2.75, 3.05) is 43.4 Å². The lowest BCUT2D eigenvalue weighted by Gasteiger charge is -2.28. The van der Waals surface area contributed by atoms with E-state index < -0.39 is 11.6 Å². The van der Waals surface area contributed by atoms with Gasteiger partial charge in [-0.1, -0.05) is 23.2 Å². The molecule has 0 saturated carbocycles. The summed E-state index contributed by atoms with van der Waals surface area (Å²) in [4.78, 5) is 11.1. The smallest absolute Gasteiger partial charge is 0.205 e. The van der Waals surface area contributed by atoms with E-state index in [9.17, 15) is 8.78 Å². The number of furan rings is 1. The minimum Gasteiger partial charge on any atom is -0.486 e. The number of rotatable bonds is 6. The number of ether oxygens (including phenoxy) is 1. The van der Waals surface area contributed by atoms with E-state index in [1.54, 1.807) is 18.7 Å². The number of hydrogen-bond donors (Lipinski definition) is 2. The number of nitrogens with zero attached hydrogens (tertiary/aromatic N) is 3. The van der Waals surface area contributed by atoms with E-state index in [4.69, 9.17) is 38.1 Å². The molecule has 1 saturated heterocycles. The Kier molecular flexibility index (Phi) is 6.64. The second-order valence-electron chi connectivity index (χ2n) is 8.05. The minimum absolute atomic E-state index is 0.00962. The lowest BCUT2D eigenvalue weighted by atomic mass is 10.1. The summed E-state index contributed by atoms with van der Waals surface area (Å²) in [6, 6.07) is 4.61. The normalized spacial score (nSPS) is 14.0. The Morgan fingerprint density at radius 1 is 1.09 bits per heavy atom. The van der Waals surface area contributed by atoms with Crippen LogP contribution >= 0.6 is 23.2 Å². The van der Waals surface area contributed by atoms with E-state index in [-0.39, 0.29) is 40.2 Å². The van der Waals surface area contributed by atoms with Crippen molar-refractivity contribution in [2.24, 2.45) is 0 Å². The Hall–Kier alpha value is -3.14. The third-order valence-corrected chi connectivity index (χ3v) is 6.72. The summed E-state index contributed by atoms with van der Waals surface area (Å²) in [5, 5.41) is 3.52. The van der Waals surface area contributed by atoms with Crippen molar-refractivity contribution in [2.45, 2.75) is 6.42 Å². The first-order valence-corrected chi connectivity index (χ1v) is 11.7. The first kappa shape index (κ1) is 23.6. The monoisotopic (exact) mass is 519 g/mol.